The van der Waals surface area contributed by atoms with Crippen LogP contribution in [0, 0.1) is 5.92 Å². The highest BCUT2D eigenvalue weighted by Gasteiger charge is 2.25. The predicted molar refractivity (Wildman–Crippen MR) is 117 cm³/mol. The summed E-state index contributed by atoms with van der Waals surface area (Å²) in [4.78, 5) is 26.4. The van der Waals surface area contributed by atoms with Crippen LogP contribution in [0.3, 0.4) is 0 Å². The maximum atomic E-state index is 12.7. The van der Waals surface area contributed by atoms with Gasteiger partial charge in [-0.15, -0.1) is 0 Å². The molecule has 0 saturated carbocycles. The van der Waals surface area contributed by atoms with Crippen molar-refractivity contribution in [1.29, 1.82) is 0 Å². The third-order valence-electron chi connectivity index (χ3n) is 6.10. The molecule has 6 nitrogen and oxygen atoms in total. The Kier molecular flexibility index (Phi) is 6.27. The number of carbonyl (C=O) groups is 1. The number of carbonyl (C=O) groups excluding carboxylic acids is 1. The standard InChI is InChI=1S/C23H31N5O/c1-2-18-7-6-8-20(15-18)26-22(29)19-9-13-27(14-10-19)21-16-24-23(25-17-21)28-11-4-3-5-12-28/h6-8,15-17,19H,2-5,9-14H2,1H3,(H,26,29). The van der Waals surface area contributed by atoms with Gasteiger partial charge in [-0.25, -0.2) is 9.97 Å². The Morgan fingerprint density at radius 1 is 1.03 bits per heavy atom. The third-order valence-corrected chi connectivity index (χ3v) is 6.10. The van der Waals surface area contributed by atoms with E-state index in [0.29, 0.717) is 0 Å². The Morgan fingerprint density at radius 2 is 1.76 bits per heavy atom. The van der Waals surface area contributed by atoms with Crippen molar-refractivity contribution in [2.75, 3.05) is 41.3 Å². The summed E-state index contributed by atoms with van der Waals surface area (Å²) < 4.78 is 0. The molecule has 1 N–H and O–H groups in total. The van der Waals surface area contributed by atoms with E-state index in [2.05, 4.69) is 44.1 Å². The lowest BCUT2D eigenvalue weighted by Gasteiger charge is -2.33. The summed E-state index contributed by atoms with van der Waals surface area (Å²) in [6, 6.07) is 8.12. The molecule has 3 heterocycles. The number of rotatable bonds is 5. The van der Waals surface area contributed by atoms with Gasteiger partial charge in [-0.3, -0.25) is 4.79 Å². The molecule has 2 aliphatic heterocycles. The molecule has 0 unspecified atom stereocenters. The van der Waals surface area contributed by atoms with Crippen LogP contribution in [-0.2, 0) is 11.2 Å². The smallest absolute Gasteiger partial charge is 0.227 e. The Hall–Kier alpha value is -2.63. The van der Waals surface area contributed by atoms with Gasteiger partial charge in [-0.2, -0.15) is 0 Å². The Labute approximate surface area is 173 Å². The van der Waals surface area contributed by atoms with Gasteiger partial charge < -0.3 is 15.1 Å². The SMILES string of the molecule is CCc1cccc(NC(=O)C2CCN(c3cnc(N4CCCCC4)nc3)CC2)c1. The third kappa shape index (κ3) is 4.86. The van der Waals surface area contributed by atoms with E-state index in [4.69, 9.17) is 0 Å². The van der Waals surface area contributed by atoms with Gasteiger partial charge in [-0.1, -0.05) is 19.1 Å². The zero-order valence-corrected chi connectivity index (χ0v) is 17.3. The molecule has 0 atom stereocenters. The molecule has 1 aromatic heterocycles. The number of hydrogen-bond donors (Lipinski definition) is 1. The monoisotopic (exact) mass is 393 g/mol. The van der Waals surface area contributed by atoms with E-state index in [1.165, 1.54) is 24.8 Å². The molecule has 0 aliphatic carbocycles. The second kappa shape index (κ2) is 9.25. The van der Waals surface area contributed by atoms with E-state index >= 15 is 0 Å². The minimum absolute atomic E-state index is 0.0603. The van der Waals surface area contributed by atoms with Gasteiger partial charge in [0.1, 0.15) is 0 Å². The molecule has 1 amide bonds. The average Bonchev–Trinajstić information content (AvgIpc) is 2.80. The van der Waals surface area contributed by atoms with E-state index in [1.54, 1.807) is 0 Å². The van der Waals surface area contributed by atoms with Crippen molar-refractivity contribution >= 4 is 23.2 Å². The van der Waals surface area contributed by atoms with Crippen LogP contribution in [0.25, 0.3) is 0 Å². The summed E-state index contributed by atoms with van der Waals surface area (Å²) in [5, 5.41) is 3.10. The second-order valence-electron chi connectivity index (χ2n) is 8.09. The molecule has 1 aromatic carbocycles. The minimum atomic E-state index is 0.0603. The van der Waals surface area contributed by atoms with Crippen molar-refractivity contribution in [3.63, 3.8) is 0 Å². The van der Waals surface area contributed by atoms with Crippen molar-refractivity contribution in [2.24, 2.45) is 5.92 Å². The van der Waals surface area contributed by atoms with Crippen LogP contribution >= 0.6 is 0 Å². The summed E-state index contributed by atoms with van der Waals surface area (Å²) in [5.41, 5.74) is 3.20. The number of amides is 1. The lowest BCUT2D eigenvalue weighted by molar-refractivity contribution is -0.120. The van der Waals surface area contributed by atoms with Crippen molar-refractivity contribution in [3.8, 4) is 0 Å². The Bertz CT molecular complexity index is 808. The molecule has 2 fully saturated rings. The number of benzene rings is 1. The summed E-state index contributed by atoms with van der Waals surface area (Å²) in [7, 11) is 0. The molecule has 2 aromatic rings. The molecule has 2 saturated heterocycles. The normalized spacial score (nSPS) is 18.0. The fourth-order valence-corrected chi connectivity index (χ4v) is 4.25. The van der Waals surface area contributed by atoms with Crippen molar-refractivity contribution in [2.45, 2.75) is 45.4 Å². The first kappa shape index (κ1) is 19.7. The lowest BCUT2D eigenvalue weighted by atomic mass is 9.95. The zero-order valence-electron chi connectivity index (χ0n) is 17.3. The van der Waals surface area contributed by atoms with E-state index in [-0.39, 0.29) is 11.8 Å². The van der Waals surface area contributed by atoms with Gasteiger partial charge in [0.15, 0.2) is 0 Å². The molecule has 154 valence electrons. The molecule has 2 aliphatic rings. The Balaban J connectivity index is 1.30. The highest BCUT2D eigenvalue weighted by atomic mass is 16.1. The highest BCUT2D eigenvalue weighted by Crippen LogP contribution is 2.25. The van der Waals surface area contributed by atoms with Crippen LogP contribution in [0.4, 0.5) is 17.3 Å². The van der Waals surface area contributed by atoms with Gasteiger partial charge in [0.05, 0.1) is 18.1 Å². The molecular weight excluding hydrogens is 362 g/mol. The minimum Gasteiger partial charge on any atom is -0.369 e. The summed E-state index contributed by atoms with van der Waals surface area (Å²) in [5.74, 6) is 1.04. The van der Waals surface area contributed by atoms with Crippen LogP contribution in [0.5, 0.6) is 0 Å². The molecule has 4 rings (SSSR count). The zero-order chi connectivity index (χ0) is 20.1. The first-order chi connectivity index (χ1) is 14.2. The van der Waals surface area contributed by atoms with Gasteiger partial charge in [0.2, 0.25) is 11.9 Å². The van der Waals surface area contributed by atoms with Crippen LogP contribution in [0.15, 0.2) is 36.7 Å². The van der Waals surface area contributed by atoms with Crippen LogP contribution in [0.1, 0.15) is 44.6 Å². The maximum Gasteiger partial charge on any atom is 0.227 e. The molecule has 0 bridgehead atoms. The van der Waals surface area contributed by atoms with Crippen molar-refractivity contribution < 1.29 is 4.79 Å². The average molecular weight is 394 g/mol. The topological polar surface area (TPSA) is 61.4 Å². The fourth-order valence-electron chi connectivity index (χ4n) is 4.25. The number of anilines is 3. The van der Waals surface area contributed by atoms with E-state index in [9.17, 15) is 4.79 Å². The largest absolute Gasteiger partial charge is 0.369 e. The Morgan fingerprint density at radius 3 is 2.45 bits per heavy atom. The number of hydrogen-bond acceptors (Lipinski definition) is 5. The van der Waals surface area contributed by atoms with Gasteiger partial charge in [0, 0.05) is 37.8 Å². The molecule has 0 radical (unpaired) electrons. The molecular formula is C23H31N5O. The number of nitrogens with zero attached hydrogens (tertiary/aromatic N) is 4. The number of piperidine rings is 2. The van der Waals surface area contributed by atoms with Crippen molar-refractivity contribution in [3.05, 3.63) is 42.2 Å². The summed E-state index contributed by atoms with van der Waals surface area (Å²) >= 11 is 0. The van der Waals surface area contributed by atoms with E-state index in [1.807, 2.05) is 24.5 Å². The van der Waals surface area contributed by atoms with Crippen LogP contribution < -0.4 is 15.1 Å². The van der Waals surface area contributed by atoms with Crippen molar-refractivity contribution in [1.82, 2.24) is 9.97 Å². The summed E-state index contributed by atoms with van der Waals surface area (Å²) in [6.45, 7) is 5.96. The number of aromatic nitrogens is 2. The number of nitrogens with one attached hydrogen (secondary N) is 1. The van der Waals surface area contributed by atoms with E-state index < -0.39 is 0 Å². The van der Waals surface area contributed by atoms with Gasteiger partial charge in [-0.05, 0) is 56.2 Å². The van der Waals surface area contributed by atoms with Crippen LogP contribution in [0.2, 0.25) is 0 Å². The highest BCUT2D eigenvalue weighted by molar-refractivity contribution is 5.92. The second-order valence-corrected chi connectivity index (χ2v) is 8.09. The first-order valence-corrected chi connectivity index (χ1v) is 10.9. The lowest BCUT2D eigenvalue weighted by Crippen LogP contribution is -2.38. The molecule has 6 heteroatoms. The maximum absolute atomic E-state index is 12.7. The quantitative estimate of drug-likeness (QED) is 0.835. The summed E-state index contributed by atoms with van der Waals surface area (Å²) in [6.07, 6.45) is 10.3. The molecule has 29 heavy (non-hydrogen) atoms. The predicted octanol–water partition coefficient (Wildman–Crippen LogP) is 3.88. The molecule has 0 spiro atoms. The van der Waals surface area contributed by atoms with Gasteiger partial charge in [0.25, 0.3) is 0 Å². The van der Waals surface area contributed by atoms with E-state index in [0.717, 1.165) is 62.8 Å². The first-order valence-electron chi connectivity index (χ1n) is 10.9. The number of aryl methyl sites for hydroxylation is 1. The fraction of sp³-hybridized carbons (Fsp3) is 0.522. The van der Waals surface area contributed by atoms with Gasteiger partial charge >= 0.3 is 0 Å². The van der Waals surface area contributed by atoms with Crippen LogP contribution in [-0.4, -0.2) is 42.1 Å².